The second-order valence-electron chi connectivity index (χ2n) is 6.82. The molecule has 134 valence electrons. The highest BCUT2D eigenvalue weighted by atomic mass is 16.3. The maximum atomic E-state index is 12.3. The minimum atomic E-state index is -0.230. The molecule has 0 bridgehead atoms. The number of carbonyl (C=O) groups excluding carboxylic acids is 1. The largest absolute Gasteiger partial charge is 0.395 e. The van der Waals surface area contributed by atoms with Crippen LogP contribution in [-0.2, 0) is 6.42 Å². The standard InChI is InChI=1S/C17H29N5O2/c1-12(2)9-13-10-15(21-17(18)20-13)16(24)19-6-8-22-7-4-3-5-14(22)11-23/h10,12,14,23H,3-9,11H2,1-2H3,(H,19,24)(H2,18,20,21). The lowest BCUT2D eigenvalue weighted by atomic mass is 10.0. The fourth-order valence-electron chi connectivity index (χ4n) is 3.12. The maximum absolute atomic E-state index is 12.3. The average Bonchev–Trinajstić information content (AvgIpc) is 2.54. The van der Waals surface area contributed by atoms with E-state index in [0.717, 1.165) is 44.5 Å². The van der Waals surface area contributed by atoms with Crippen LogP contribution in [0.1, 0.15) is 49.3 Å². The van der Waals surface area contributed by atoms with Gasteiger partial charge in [-0.25, -0.2) is 9.97 Å². The first kappa shape index (κ1) is 18.6. The number of nitrogens with two attached hydrogens (primary N) is 1. The van der Waals surface area contributed by atoms with Gasteiger partial charge in [-0.15, -0.1) is 0 Å². The van der Waals surface area contributed by atoms with Gasteiger partial charge in [-0.2, -0.15) is 0 Å². The third-order valence-electron chi connectivity index (χ3n) is 4.29. The number of carbonyl (C=O) groups is 1. The van der Waals surface area contributed by atoms with E-state index >= 15 is 0 Å². The number of nitrogens with zero attached hydrogens (tertiary/aromatic N) is 3. The Morgan fingerprint density at radius 3 is 2.96 bits per heavy atom. The monoisotopic (exact) mass is 335 g/mol. The molecule has 1 aliphatic heterocycles. The zero-order valence-corrected chi connectivity index (χ0v) is 14.7. The Balaban J connectivity index is 1.89. The van der Waals surface area contributed by atoms with Gasteiger partial charge in [0.05, 0.1) is 6.61 Å². The SMILES string of the molecule is CC(C)Cc1cc(C(=O)NCCN2CCCCC2CO)nc(N)n1. The zero-order chi connectivity index (χ0) is 17.5. The van der Waals surface area contributed by atoms with E-state index in [2.05, 4.69) is 34.0 Å². The number of anilines is 1. The van der Waals surface area contributed by atoms with E-state index in [1.54, 1.807) is 6.07 Å². The fourth-order valence-corrected chi connectivity index (χ4v) is 3.12. The number of amides is 1. The molecule has 1 amide bonds. The first-order valence-electron chi connectivity index (χ1n) is 8.76. The molecule has 7 heteroatoms. The number of hydrogen-bond donors (Lipinski definition) is 3. The molecule has 0 aromatic carbocycles. The Morgan fingerprint density at radius 2 is 2.25 bits per heavy atom. The van der Waals surface area contributed by atoms with Crippen LogP contribution in [0.15, 0.2) is 6.07 Å². The summed E-state index contributed by atoms with van der Waals surface area (Å²) in [5, 5.41) is 12.3. The minimum absolute atomic E-state index is 0.134. The number of nitrogens with one attached hydrogen (secondary N) is 1. The highest BCUT2D eigenvalue weighted by Gasteiger charge is 2.21. The van der Waals surface area contributed by atoms with Crippen molar-refractivity contribution >= 4 is 11.9 Å². The summed E-state index contributed by atoms with van der Waals surface area (Å²) in [5.41, 5.74) is 6.82. The molecule has 0 spiro atoms. The predicted octanol–water partition coefficient (Wildman–Crippen LogP) is 0.834. The number of likely N-dealkylation sites (tertiary alicyclic amines) is 1. The van der Waals surface area contributed by atoms with Crippen molar-refractivity contribution in [1.29, 1.82) is 0 Å². The molecule has 1 aliphatic rings. The second-order valence-corrected chi connectivity index (χ2v) is 6.82. The summed E-state index contributed by atoms with van der Waals surface area (Å²) in [7, 11) is 0. The topological polar surface area (TPSA) is 104 Å². The van der Waals surface area contributed by atoms with Gasteiger partial charge >= 0.3 is 0 Å². The second kappa shape index (κ2) is 8.94. The number of aliphatic hydroxyl groups excluding tert-OH is 1. The third kappa shape index (κ3) is 5.42. The van der Waals surface area contributed by atoms with E-state index in [1.165, 1.54) is 0 Å². The van der Waals surface area contributed by atoms with E-state index in [1.807, 2.05) is 0 Å². The normalized spacial score (nSPS) is 18.8. The van der Waals surface area contributed by atoms with Crippen LogP contribution >= 0.6 is 0 Å². The molecule has 2 rings (SSSR count). The molecule has 0 saturated carbocycles. The van der Waals surface area contributed by atoms with Crippen LogP contribution in [0.3, 0.4) is 0 Å². The molecule has 2 heterocycles. The van der Waals surface area contributed by atoms with Crippen LogP contribution in [0.2, 0.25) is 0 Å². The lowest BCUT2D eigenvalue weighted by Gasteiger charge is -2.34. The molecule has 0 aliphatic carbocycles. The highest BCUT2D eigenvalue weighted by Crippen LogP contribution is 2.15. The number of hydrogen-bond acceptors (Lipinski definition) is 6. The fraction of sp³-hybridized carbons (Fsp3) is 0.706. The third-order valence-corrected chi connectivity index (χ3v) is 4.29. The van der Waals surface area contributed by atoms with Gasteiger partial charge < -0.3 is 16.2 Å². The molecule has 1 atom stereocenters. The van der Waals surface area contributed by atoms with Crippen LogP contribution in [0.5, 0.6) is 0 Å². The Kier molecular flexibility index (Phi) is 6.93. The van der Waals surface area contributed by atoms with Crippen molar-refractivity contribution in [3.63, 3.8) is 0 Å². The van der Waals surface area contributed by atoms with Gasteiger partial charge in [-0.05, 0) is 37.8 Å². The number of nitrogen functional groups attached to an aromatic ring is 1. The number of piperidine rings is 1. The quantitative estimate of drug-likeness (QED) is 0.682. The van der Waals surface area contributed by atoms with Crippen molar-refractivity contribution < 1.29 is 9.90 Å². The average molecular weight is 335 g/mol. The lowest BCUT2D eigenvalue weighted by molar-refractivity contribution is 0.0846. The Bertz CT molecular complexity index is 550. The first-order chi connectivity index (χ1) is 11.5. The van der Waals surface area contributed by atoms with Gasteiger partial charge in [0.1, 0.15) is 5.69 Å². The molecule has 0 radical (unpaired) electrons. The van der Waals surface area contributed by atoms with Crippen molar-refractivity contribution in [3.05, 3.63) is 17.5 Å². The van der Waals surface area contributed by atoms with Gasteiger partial charge in [0.25, 0.3) is 5.91 Å². The Labute approximate surface area is 143 Å². The van der Waals surface area contributed by atoms with Crippen LogP contribution in [0, 0.1) is 5.92 Å². The molecule has 1 fully saturated rings. The first-order valence-corrected chi connectivity index (χ1v) is 8.76. The predicted molar refractivity (Wildman–Crippen MR) is 93.6 cm³/mol. The van der Waals surface area contributed by atoms with Crippen molar-refractivity contribution in [2.75, 3.05) is 32.0 Å². The number of aliphatic hydroxyl groups is 1. The van der Waals surface area contributed by atoms with Crippen LogP contribution in [-0.4, -0.2) is 58.2 Å². The summed E-state index contributed by atoms with van der Waals surface area (Å²) in [6, 6.07) is 1.92. The summed E-state index contributed by atoms with van der Waals surface area (Å²) < 4.78 is 0. The van der Waals surface area contributed by atoms with Gasteiger partial charge in [-0.1, -0.05) is 20.3 Å². The Morgan fingerprint density at radius 1 is 1.46 bits per heavy atom. The van der Waals surface area contributed by atoms with E-state index in [-0.39, 0.29) is 24.5 Å². The number of aromatic nitrogens is 2. The van der Waals surface area contributed by atoms with Crippen LogP contribution in [0.25, 0.3) is 0 Å². The summed E-state index contributed by atoms with van der Waals surface area (Å²) in [6.07, 6.45) is 4.09. The molecule has 4 N–H and O–H groups in total. The zero-order valence-electron chi connectivity index (χ0n) is 14.7. The molecule has 24 heavy (non-hydrogen) atoms. The molecule has 1 aromatic heterocycles. The smallest absolute Gasteiger partial charge is 0.270 e. The van der Waals surface area contributed by atoms with Crippen molar-refractivity contribution in [1.82, 2.24) is 20.2 Å². The highest BCUT2D eigenvalue weighted by molar-refractivity contribution is 5.92. The van der Waals surface area contributed by atoms with Gasteiger partial charge in [0.15, 0.2) is 0 Å². The van der Waals surface area contributed by atoms with Gasteiger partial charge in [-0.3, -0.25) is 9.69 Å². The molecule has 1 saturated heterocycles. The van der Waals surface area contributed by atoms with Crippen molar-refractivity contribution in [2.45, 2.75) is 45.6 Å². The van der Waals surface area contributed by atoms with Crippen LogP contribution < -0.4 is 11.1 Å². The summed E-state index contributed by atoms with van der Waals surface area (Å²) in [5.74, 6) is 0.339. The van der Waals surface area contributed by atoms with E-state index in [4.69, 9.17) is 5.73 Å². The van der Waals surface area contributed by atoms with E-state index < -0.39 is 0 Å². The minimum Gasteiger partial charge on any atom is -0.395 e. The molecular formula is C17H29N5O2. The van der Waals surface area contributed by atoms with Gasteiger partial charge in [0.2, 0.25) is 5.95 Å². The summed E-state index contributed by atoms with van der Waals surface area (Å²) >= 11 is 0. The molecule has 7 nitrogen and oxygen atoms in total. The molecule has 1 aromatic rings. The van der Waals surface area contributed by atoms with Crippen molar-refractivity contribution in [3.8, 4) is 0 Å². The molecular weight excluding hydrogens is 306 g/mol. The molecule has 1 unspecified atom stereocenters. The number of rotatable bonds is 7. The van der Waals surface area contributed by atoms with E-state index in [9.17, 15) is 9.90 Å². The van der Waals surface area contributed by atoms with Gasteiger partial charge in [0, 0.05) is 24.8 Å². The van der Waals surface area contributed by atoms with E-state index in [0.29, 0.717) is 18.2 Å². The van der Waals surface area contributed by atoms with Crippen LogP contribution in [0.4, 0.5) is 5.95 Å². The lowest BCUT2D eigenvalue weighted by Crippen LogP contribution is -2.45. The summed E-state index contributed by atoms with van der Waals surface area (Å²) in [6.45, 7) is 6.59. The summed E-state index contributed by atoms with van der Waals surface area (Å²) in [4.78, 5) is 22.8. The Hall–Kier alpha value is -1.73. The van der Waals surface area contributed by atoms with Crippen molar-refractivity contribution in [2.24, 2.45) is 5.92 Å². The maximum Gasteiger partial charge on any atom is 0.270 e.